The van der Waals surface area contributed by atoms with E-state index in [1.165, 1.54) is 11.1 Å². The standard InChI is InChI=1S/C24H34N2O6/c1-15(2)11-19(21(29)24(13-28)14-32-24)25-23(31)20(12-27)26-22(30)18-9-7-16-5-3-4-6-17(16)8-10-18/h3-6,15,18-20,27-28H,7-14H2,1-2H3,(H,25,31)(H,26,30)/t19?,20-,24?/m0/s1. The van der Waals surface area contributed by atoms with Crippen molar-refractivity contribution in [2.24, 2.45) is 11.8 Å². The molecule has 0 radical (unpaired) electrons. The Morgan fingerprint density at radius 2 is 1.66 bits per heavy atom. The van der Waals surface area contributed by atoms with Crippen molar-refractivity contribution in [1.29, 1.82) is 0 Å². The SMILES string of the molecule is CC(C)CC(NC(=O)[C@H](CO)NC(=O)C1CCc2ccccc2CC1)C(=O)C1(CO)CO1. The highest BCUT2D eigenvalue weighted by molar-refractivity contribution is 5.98. The molecule has 176 valence electrons. The third-order valence-corrected chi connectivity index (χ3v) is 6.37. The molecule has 2 amide bonds. The van der Waals surface area contributed by atoms with Crippen LogP contribution in [0.3, 0.4) is 0 Å². The van der Waals surface area contributed by atoms with Gasteiger partial charge in [0.15, 0.2) is 11.4 Å². The van der Waals surface area contributed by atoms with E-state index in [2.05, 4.69) is 22.8 Å². The van der Waals surface area contributed by atoms with Crippen molar-refractivity contribution >= 4 is 17.6 Å². The molecule has 1 heterocycles. The number of ether oxygens (including phenoxy) is 1. The number of benzene rings is 1. The lowest BCUT2D eigenvalue weighted by Crippen LogP contribution is -2.56. The van der Waals surface area contributed by atoms with Gasteiger partial charge < -0.3 is 25.6 Å². The van der Waals surface area contributed by atoms with E-state index in [9.17, 15) is 24.6 Å². The number of rotatable bonds is 10. The van der Waals surface area contributed by atoms with E-state index < -0.39 is 36.8 Å². The molecule has 4 N–H and O–H groups in total. The Hall–Kier alpha value is -2.29. The first-order valence-electron chi connectivity index (χ1n) is 11.4. The summed E-state index contributed by atoms with van der Waals surface area (Å²) in [6.45, 7) is 2.94. The molecule has 3 rings (SSSR count). The number of ketones is 1. The summed E-state index contributed by atoms with van der Waals surface area (Å²) in [5, 5.41) is 24.6. The van der Waals surface area contributed by atoms with E-state index in [0.29, 0.717) is 19.3 Å². The number of hydrogen-bond donors (Lipinski definition) is 4. The second-order valence-corrected chi connectivity index (χ2v) is 9.28. The van der Waals surface area contributed by atoms with Crippen LogP contribution >= 0.6 is 0 Å². The number of aliphatic hydroxyl groups is 2. The predicted octanol–water partition coefficient (Wildman–Crippen LogP) is 0.520. The van der Waals surface area contributed by atoms with Crippen LogP contribution in [0.25, 0.3) is 0 Å². The topological polar surface area (TPSA) is 128 Å². The van der Waals surface area contributed by atoms with E-state index in [0.717, 1.165) is 12.8 Å². The number of carbonyl (C=O) groups excluding carboxylic acids is 3. The summed E-state index contributed by atoms with van der Waals surface area (Å²) < 4.78 is 5.15. The summed E-state index contributed by atoms with van der Waals surface area (Å²) in [7, 11) is 0. The Kier molecular flexibility index (Phi) is 8.03. The summed E-state index contributed by atoms with van der Waals surface area (Å²) in [6.07, 6.45) is 3.29. The lowest BCUT2D eigenvalue weighted by molar-refractivity contribution is -0.135. The van der Waals surface area contributed by atoms with Gasteiger partial charge in [-0.1, -0.05) is 38.1 Å². The Balaban J connectivity index is 1.60. The number of hydrogen-bond acceptors (Lipinski definition) is 6. The van der Waals surface area contributed by atoms with Crippen LogP contribution in [0.15, 0.2) is 24.3 Å². The molecule has 1 fully saturated rings. The molecule has 0 spiro atoms. The summed E-state index contributed by atoms with van der Waals surface area (Å²) in [5.41, 5.74) is 1.24. The number of amides is 2. The molecule has 1 aromatic rings. The number of aliphatic hydroxyl groups excluding tert-OH is 2. The van der Waals surface area contributed by atoms with E-state index in [1.54, 1.807) is 0 Å². The van der Waals surface area contributed by atoms with Crippen molar-refractivity contribution in [3.63, 3.8) is 0 Å². The van der Waals surface area contributed by atoms with Crippen molar-refractivity contribution in [3.8, 4) is 0 Å². The van der Waals surface area contributed by atoms with Gasteiger partial charge >= 0.3 is 0 Å². The predicted molar refractivity (Wildman–Crippen MR) is 118 cm³/mol. The van der Waals surface area contributed by atoms with Gasteiger partial charge in [-0.05, 0) is 49.1 Å². The van der Waals surface area contributed by atoms with Gasteiger partial charge in [0.25, 0.3) is 0 Å². The first-order valence-corrected chi connectivity index (χ1v) is 11.4. The molecule has 1 aromatic carbocycles. The molecular weight excluding hydrogens is 412 g/mol. The molecule has 2 aliphatic rings. The molecule has 8 heteroatoms. The van der Waals surface area contributed by atoms with Crippen LogP contribution in [0.2, 0.25) is 0 Å². The molecule has 0 saturated carbocycles. The second-order valence-electron chi connectivity index (χ2n) is 9.28. The minimum Gasteiger partial charge on any atom is -0.394 e. The molecular formula is C24H34N2O6. The molecule has 1 saturated heterocycles. The van der Waals surface area contributed by atoms with Gasteiger partial charge in [0.2, 0.25) is 11.8 Å². The first kappa shape index (κ1) is 24.4. The van der Waals surface area contributed by atoms with E-state index in [4.69, 9.17) is 4.74 Å². The van der Waals surface area contributed by atoms with Crippen LogP contribution in [0.5, 0.6) is 0 Å². The van der Waals surface area contributed by atoms with Gasteiger partial charge in [0.05, 0.1) is 25.9 Å². The zero-order valence-electron chi connectivity index (χ0n) is 18.8. The average molecular weight is 447 g/mol. The fourth-order valence-electron chi connectivity index (χ4n) is 4.29. The van der Waals surface area contributed by atoms with Crippen LogP contribution in [-0.4, -0.2) is 65.3 Å². The lowest BCUT2D eigenvalue weighted by Gasteiger charge is -2.25. The third-order valence-electron chi connectivity index (χ3n) is 6.37. The summed E-state index contributed by atoms with van der Waals surface area (Å²) in [6, 6.07) is 6.13. The van der Waals surface area contributed by atoms with Crippen LogP contribution in [0.1, 0.15) is 44.2 Å². The maximum Gasteiger partial charge on any atom is 0.245 e. The van der Waals surface area contributed by atoms with Crippen LogP contribution < -0.4 is 10.6 Å². The number of fused-ring (bicyclic) bond motifs is 1. The fourth-order valence-corrected chi connectivity index (χ4v) is 4.29. The van der Waals surface area contributed by atoms with Crippen molar-refractivity contribution in [2.75, 3.05) is 19.8 Å². The van der Waals surface area contributed by atoms with Gasteiger partial charge in [-0.2, -0.15) is 0 Å². The van der Waals surface area contributed by atoms with Gasteiger partial charge in [-0.25, -0.2) is 0 Å². The van der Waals surface area contributed by atoms with Crippen molar-refractivity contribution in [2.45, 2.75) is 63.6 Å². The minimum atomic E-state index is -1.25. The average Bonchev–Trinajstić information content (AvgIpc) is 3.59. The van der Waals surface area contributed by atoms with E-state index >= 15 is 0 Å². The van der Waals surface area contributed by atoms with Crippen molar-refractivity contribution in [3.05, 3.63) is 35.4 Å². The largest absolute Gasteiger partial charge is 0.394 e. The second kappa shape index (κ2) is 10.6. The van der Waals surface area contributed by atoms with Gasteiger partial charge in [-0.15, -0.1) is 0 Å². The normalized spacial score (nSPS) is 22.4. The smallest absolute Gasteiger partial charge is 0.245 e. The maximum absolute atomic E-state index is 12.9. The monoisotopic (exact) mass is 446 g/mol. The quantitative estimate of drug-likeness (QED) is 0.306. The highest BCUT2D eigenvalue weighted by atomic mass is 16.6. The molecule has 0 aromatic heterocycles. The molecule has 8 nitrogen and oxygen atoms in total. The molecule has 3 atom stereocenters. The molecule has 0 bridgehead atoms. The zero-order valence-corrected chi connectivity index (χ0v) is 18.8. The Bertz CT molecular complexity index is 809. The van der Waals surface area contributed by atoms with Gasteiger partial charge in [-0.3, -0.25) is 14.4 Å². The molecule has 1 aliphatic carbocycles. The fraction of sp³-hybridized carbons (Fsp3) is 0.625. The lowest BCUT2D eigenvalue weighted by atomic mass is 9.92. The van der Waals surface area contributed by atoms with Crippen LogP contribution in [0.4, 0.5) is 0 Å². The van der Waals surface area contributed by atoms with Crippen molar-refractivity contribution < 1.29 is 29.3 Å². The van der Waals surface area contributed by atoms with E-state index in [1.807, 2.05) is 26.0 Å². The molecule has 2 unspecified atom stereocenters. The highest BCUT2D eigenvalue weighted by Gasteiger charge is 2.54. The third kappa shape index (κ3) is 5.74. The molecule has 1 aliphatic heterocycles. The molecule has 32 heavy (non-hydrogen) atoms. The first-order chi connectivity index (χ1) is 15.3. The maximum atomic E-state index is 12.9. The van der Waals surface area contributed by atoms with E-state index in [-0.39, 0.29) is 30.1 Å². The van der Waals surface area contributed by atoms with Gasteiger partial charge in [0.1, 0.15) is 6.04 Å². The Morgan fingerprint density at radius 1 is 1.06 bits per heavy atom. The summed E-state index contributed by atoms with van der Waals surface area (Å²) in [5.74, 6) is -1.42. The van der Waals surface area contributed by atoms with Crippen LogP contribution in [-0.2, 0) is 32.0 Å². The number of carbonyl (C=O) groups is 3. The van der Waals surface area contributed by atoms with Crippen LogP contribution in [0, 0.1) is 11.8 Å². The number of Topliss-reactive ketones (excluding diaryl/α,β-unsaturated/α-hetero) is 1. The minimum absolute atomic E-state index is 0.105. The number of epoxide rings is 1. The number of nitrogens with one attached hydrogen (secondary N) is 2. The highest BCUT2D eigenvalue weighted by Crippen LogP contribution is 2.30. The van der Waals surface area contributed by atoms with Gasteiger partial charge in [0, 0.05) is 5.92 Å². The number of aryl methyl sites for hydroxylation is 2. The van der Waals surface area contributed by atoms with Crippen molar-refractivity contribution in [1.82, 2.24) is 10.6 Å². The Labute approximate surface area is 188 Å². The zero-order chi connectivity index (χ0) is 23.3. The summed E-state index contributed by atoms with van der Waals surface area (Å²) >= 11 is 0. The Morgan fingerprint density at radius 3 is 2.12 bits per heavy atom. The summed E-state index contributed by atoms with van der Waals surface area (Å²) in [4.78, 5) is 38.5.